The number of thioether (sulfide) groups is 1. The van der Waals surface area contributed by atoms with Gasteiger partial charge in [0.25, 0.3) is 0 Å². The molecule has 2 aromatic rings. The number of ketones is 1. The van der Waals surface area contributed by atoms with E-state index in [1.165, 1.54) is 29.4 Å². The lowest BCUT2D eigenvalue weighted by Gasteiger charge is -2.22. The van der Waals surface area contributed by atoms with Crippen molar-refractivity contribution in [3.05, 3.63) is 58.1 Å². The van der Waals surface area contributed by atoms with Crippen LogP contribution in [0.15, 0.2) is 45.2 Å². The SMILES string of the molecule is C=N/C(=C(\SCNC)C(=O)C1CCOCC1)c1ccoc1.O=Cc1cnc2c(c1)CCC2. The van der Waals surface area contributed by atoms with Crippen LogP contribution >= 0.6 is 11.8 Å². The average molecular weight is 456 g/mol. The number of furan rings is 1. The van der Waals surface area contributed by atoms with Crippen molar-refractivity contribution in [2.24, 2.45) is 10.9 Å². The normalized spacial score (nSPS) is 16.4. The van der Waals surface area contributed by atoms with Gasteiger partial charge in [-0.3, -0.25) is 19.6 Å². The fraction of sp³-hybridized carbons (Fsp3) is 0.417. The Morgan fingerprint density at radius 2 is 2.19 bits per heavy atom. The van der Waals surface area contributed by atoms with Gasteiger partial charge in [-0.2, -0.15) is 0 Å². The van der Waals surface area contributed by atoms with Gasteiger partial charge in [0.05, 0.1) is 23.1 Å². The third-order valence-corrected chi connectivity index (χ3v) is 6.54. The van der Waals surface area contributed by atoms with Gasteiger partial charge < -0.3 is 14.5 Å². The number of aliphatic imine (C=N–C) groups is 1. The molecule has 0 spiro atoms. The second-order valence-electron chi connectivity index (χ2n) is 7.59. The zero-order chi connectivity index (χ0) is 22.8. The molecule has 1 aliphatic heterocycles. The van der Waals surface area contributed by atoms with E-state index >= 15 is 0 Å². The number of aromatic nitrogens is 1. The van der Waals surface area contributed by atoms with Crippen LogP contribution in [0.25, 0.3) is 5.70 Å². The summed E-state index contributed by atoms with van der Waals surface area (Å²) in [6.07, 6.45) is 10.5. The fourth-order valence-electron chi connectivity index (χ4n) is 3.75. The molecule has 1 fully saturated rings. The van der Waals surface area contributed by atoms with E-state index < -0.39 is 0 Å². The van der Waals surface area contributed by atoms with Crippen LogP contribution in [0.4, 0.5) is 0 Å². The number of ether oxygens (including phenoxy) is 1. The Hall–Kier alpha value is -2.55. The lowest BCUT2D eigenvalue weighted by atomic mass is 9.94. The lowest BCUT2D eigenvalue weighted by molar-refractivity contribution is -0.121. The standard InChI is InChI=1S/C15H20N2O3S.C9H9NO/c1-16-10-21-15(13(17-2)12-5-8-20-9-12)14(18)11-3-6-19-7-4-11;11-6-7-4-8-2-1-3-9(8)10-5-7/h5,8-9,11,16H,2-4,6-7,10H2,1H3;4-6H,1-3H2/b15-13-;. The van der Waals surface area contributed by atoms with Crippen molar-refractivity contribution in [3.8, 4) is 0 Å². The van der Waals surface area contributed by atoms with Gasteiger partial charge in [-0.25, -0.2) is 0 Å². The van der Waals surface area contributed by atoms with E-state index in [1.54, 1.807) is 24.8 Å². The largest absolute Gasteiger partial charge is 0.472 e. The highest BCUT2D eigenvalue weighted by Gasteiger charge is 2.27. The fourth-order valence-corrected chi connectivity index (χ4v) is 4.67. The molecule has 0 radical (unpaired) electrons. The highest BCUT2D eigenvalue weighted by Crippen LogP contribution is 2.33. The maximum Gasteiger partial charge on any atom is 0.174 e. The highest BCUT2D eigenvalue weighted by atomic mass is 32.2. The minimum absolute atomic E-state index is 0.00163. The van der Waals surface area contributed by atoms with Gasteiger partial charge in [-0.15, -0.1) is 11.8 Å². The molecule has 0 atom stereocenters. The Morgan fingerprint density at radius 1 is 1.38 bits per heavy atom. The van der Waals surface area contributed by atoms with Crippen molar-refractivity contribution in [1.82, 2.24) is 10.3 Å². The summed E-state index contributed by atoms with van der Waals surface area (Å²) in [5, 5.41) is 3.05. The number of nitrogens with zero attached hydrogens (tertiary/aromatic N) is 2. The van der Waals surface area contributed by atoms with E-state index in [9.17, 15) is 9.59 Å². The Labute approximate surface area is 192 Å². The Bertz CT molecular complexity index is 950. The predicted molar refractivity (Wildman–Crippen MR) is 127 cm³/mol. The van der Waals surface area contributed by atoms with Crippen LogP contribution in [0.5, 0.6) is 0 Å². The van der Waals surface area contributed by atoms with E-state index in [4.69, 9.17) is 9.15 Å². The van der Waals surface area contributed by atoms with Crippen molar-refractivity contribution in [2.75, 3.05) is 26.1 Å². The minimum atomic E-state index is 0.00163. The molecule has 0 amide bonds. The molecule has 3 heterocycles. The molecule has 8 heteroatoms. The lowest BCUT2D eigenvalue weighted by Crippen LogP contribution is -2.25. The van der Waals surface area contributed by atoms with Crippen LogP contribution in [0.2, 0.25) is 0 Å². The first-order chi connectivity index (χ1) is 15.7. The maximum atomic E-state index is 12.8. The van der Waals surface area contributed by atoms with Crippen molar-refractivity contribution < 1.29 is 18.7 Å². The van der Waals surface area contributed by atoms with Crippen LogP contribution in [-0.2, 0) is 22.4 Å². The summed E-state index contributed by atoms with van der Waals surface area (Å²) in [4.78, 5) is 32.1. The molecule has 0 saturated carbocycles. The molecule has 0 bridgehead atoms. The number of allylic oxidation sites excluding steroid dienone is 1. The second-order valence-corrected chi connectivity index (χ2v) is 8.57. The Morgan fingerprint density at radius 3 is 2.84 bits per heavy atom. The van der Waals surface area contributed by atoms with E-state index in [0.717, 1.165) is 37.5 Å². The average Bonchev–Trinajstić information content (AvgIpc) is 3.54. The molecule has 170 valence electrons. The van der Waals surface area contributed by atoms with Crippen LogP contribution in [0.3, 0.4) is 0 Å². The summed E-state index contributed by atoms with van der Waals surface area (Å²) in [6.45, 7) is 4.90. The minimum Gasteiger partial charge on any atom is -0.472 e. The predicted octanol–water partition coefficient (Wildman–Crippen LogP) is 3.94. The van der Waals surface area contributed by atoms with Crippen LogP contribution in [-0.4, -0.2) is 49.9 Å². The van der Waals surface area contributed by atoms with Crippen molar-refractivity contribution in [3.63, 3.8) is 0 Å². The van der Waals surface area contributed by atoms with E-state index in [1.807, 2.05) is 13.1 Å². The van der Waals surface area contributed by atoms with Crippen molar-refractivity contribution in [1.29, 1.82) is 0 Å². The van der Waals surface area contributed by atoms with Gasteiger partial charge in [0, 0.05) is 48.0 Å². The first kappa shape index (κ1) is 24.1. The number of hydrogen-bond donors (Lipinski definition) is 1. The van der Waals surface area contributed by atoms with Crippen LogP contribution < -0.4 is 5.32 Å². The van der Waals surface area contributed by atoms with Crippen LogP contribution in [0.1, 0.15) is 46.4 Å². The molecule has 7 nitrogen and oxygen atoms in total. The number of aryl methyl sites for hydroxylation is 2. The summed E-state index contributed by atoms with van der Waals surface area (Å²) < 4.78 is 10.4. The van der Waals surface area contributed by atoms with Gasteiger partial charge >= 0.3 is 0 Å². The molecule has 0 unspecified atom stereocenters. The molecule has 32 heavy (non-hydrogen) atoms. The number of nitrogens with one attached hydrogen (secondary N) is 1. The Balaban J connectivity index is 0.000000219. The number of carbonyl (C=O) groups excluding carboxylic acids is 2. The van der Waals surface area contributed by atoms with E-state index in [-0.39, 0.29) is 11.7 Å². The van der Waals surface area contributed by atoms with Gasteiger partial charge in [0.1, 0.15) is 0 Å². The number of rotatable bonds is 8. The van der Waals surface area contributed by atoms with Gasteiger partial charge in [-0.05, 0) is 63.6 Å². The summed E-state index contributed by atoms with van der Waals surface area (Å²) >= 11 is 1.46. The summed E-state index contributed by atoms with van der Waals surface area (Å²) in [5.74, 6) is 0.769. The third-order valence-electron chi connectivity index (χ3n) is 5.42. The molecule has 1 saturated heterocycles. The molecular formula is C24H29N3O4S. The quantitative estimate of drug-likeness (QED) is 0.279. The molecule has 4 rings (SSSR count). The zero-order valence-electron chi connectivity index (χ0n) is 18.3. The number of hydrogen-bond acceptors (Lipinski definition) is 8. The van der Waals surface area contributed by atoms with E-state index in [2.05, 4.69) is 22.0 Å². The topological polar surface area (TPSA) is 93.8 Å². The maximum absolute atomic E-state index is 12.8. The number of pyridine rings is 1. The number of carbonyl (C=O) groups is 2. The molecular weight excluding hydrogens is 426 g/mol. The zero-order valence-corrected chi connectivity index (χ0v) is 19.2. The van der Waals surface area contributed by atoms with Gasteiger partial charge in [-0.1, -0.05) is 0 Å². The second kappa shape index (κ2) is 12.5. The number of fused-ring (bicyclic) bond motifs is 1. The van der Waals surface area contributed by atoms with E-state index in [0.29, 0.717) is 35.3 Å². The molecule has 2 aromatic heterocycles. The monoisotopic (exact) mass is 455 g/mol. The van der Waals surface area contributed by atoms with Gasteiger partial charge in [0.15, 0.2) is 12.1 Å². The van der Waals surface area contributed by atoms with Crippen LogP contribution in [0, 0.1) is 5.92 Å². The smallest absolute Gasteiger partial charge is 0.174 e. The molecule has 0 aromatic carbocycles. The summed E-state index contributed by atoms with van der Waals surface area (Å²) in [7, 11) is 1.85. The first-order valence-corrected chi connectivity index (χ1v) is 11.7. The summed E-state index contributed by atoms with van der Waals surface area (Å²) in [5.41, 5.74) is 4.51. The molecule has 2 aliphatic rings. The van der Waals surface area contributed by atoms with Gasteiger partial charge in [0.2, 0.25) is 0 Å². The Kier molecular flexibility index (Phi) is 9.40. The molecule has 1 N–H and O–H groups in total. The highest BCUT2D eigenvalue weighted by molar-refractivity contribution is 8.04. The molecule has 1 aliphatic carbocycles. The number of aldehydes is 1. The van der Waals surface area contributed by atoms with Crippen molar-refractivity contribution >= 4 is 36.2 Å². The number of Topliss-reactive ketones (excluding diaryl/α,β-unsaturated/α-hetero) is 1. The van der Waals surface area contributed by atoms with Crippen molar-refractivity contribution in [2.45, 2.75) is 32.1 Å². The summed E-state index contributed by atoms with van der Waals surface area (Å²) in [6, 6.07) is 3.74. The third kappa shape index (κ3) is 6.25. The first-order valence-electron chi connectivity index (χ1n) is 10.7.